The van der Waals surface area contributed by atoms with E-state index in [1.807, 2.05) is 0 Å². The van der Waals surface area contributed by atoms with Gasteiger partial charge in [0.05, 0.1) is 12.5 Å². The van der Waals surface area contributed by atoms with E-state index in [1.54, 1.807) is 12.1 Å². The molecule has 4 atom stereocenters. The van der Waals surface area contributed by atoms with Crippen LogP contribution in [0.4, 0.5) is 4.39 Å². The summed E-state index contributed by atoms with van der Waals surface area (Å²) >= 11 is 0. The van der Waals surface area contributed by atoms with E-state index in [9.17, 15) is 9.18 Å². The Morgan fingerprint density at radius 1 is 1.27 bits per heavy atom. The lowest BCUT2D eigenvalue weighted by molar-refractivity contribution is -0.127. The molecular weight excluding hydrogens is 283 g/mol. The molecule has 4 unspecified atom stereocenters. The van der Waals surface area contributed by atoms with Gasteiger partial charge >= 0.3 is 0 Å². The zero-order valence-electron chi connectivity index (χ0n) is 12.6. The van der Waals surface area contributed by atoms with Crippen molar-refractivity contribution in [2.45, 2.75) is 31.7 Å². The average Bonchev–Trinajstić information content (AvgIpc) is 3.09. The van der Waals surface area contributed by atoms with Crippen molar-refractivity contribution >= 4 is 5.91 Å². The van der Waals surface area contributed by atoms with Crippen LogP contribution >= 0.6 is 0 Å². The van der Waals surface area contributed by atoms with Gasteiger partial charge in [-0.15, -0.1) is 0 Å². The van der Waals surface area contributed by atoms with Gasteiger partial charge in [0.15, 0.2) is 0 Å². The van der Waals surface area contributed by atoms with E-state index in [-0.39, 0.29) is 23.7 Å². The van der Waals surface area contributed by atoms with Gasteiger partial charge in [-0.3, -0.25) is 4.79 Å². The Bertz CT molecular complexity index is 518. The highest BCUT2D eigenvalue weighted by Gasteiger charge is 2.48. The molecule has 3 N–H and O–H groups in total. The lowest BCUT2D eigenvalue weighted by atomic mass is 9.84. The second kappa shape index (κ2) is 6.65. The van der Waals surface area contributed by atoms with E-state index in [2.05, 4.69) is 5.32 Å². The maximum absolute atomic E-state index is 12.7. The third-order valence-corrected chi connectivity index (χ3v) is 4.99. The number of fused-ring (bicyclic) bond motifs is 2. The van der Waals surface area contributed by atoms with Crippen molar-refractivity contribution in [1.82, 2.24) is 5.32 Å². The molecule has 0 radical (unpaired) electrons. The number of nitrogens with two attached hydrogens (primary N) is 1. The summed E-state index contributed by atoms with van der Waals surface area (Å²) in [7, 11) is 0. The van der Waals surface area contributed by atoms with Crippen LogP contribution in [0, 0.1) is 23.6 Å². The highest BCUT2D eigenvalue weighted by Crippen LogP contribution is 2.47. The highest BCUT2D eigenvalue weighted by molar-refractivity contribution is 5.80. The van der Waals surface area contributed by atoms with Crippen LogP contribution in [0.1, 0.15) is 25.7 Å². The smallest absolute Gasteiger partial charge is 0.224 e. The summed E-state index contributed by atoms with van der Waals surface area (Å²) < 4.78 is 18.2. The zero-order chi connectivity index (χ0) is 15.5. The van der Waals surface area contributed by atoms with Gasteiger partial charge in [-0.05, 0) is 61.8 Å². The second-order valence-electron chi connectivity index (χ2n) is 6.38. The first-order valence-electron chi connectivity index (χ1n) is 8.07. The third-order valence-electron chi connectivity index (χ3n) is 4.99. The van der Waals surface area contributed by atoms with E-state index in [4.69, 9.17) is 10.5 Å². The Kier molecular flexibility index (Phi) is 4.62. The third kappa shape index (κ3) is 3.24. The molecule has 2 fully saturated rings. The van der Waals surface area contributed by atoms with Gasteiger partial charge in [-0.2, -0.15) is 0 Å². The van der Waals surface area contributed by atoms with Crippen molar-refractivity contribution < 1.29 is 13.9 Å². The minimum absolute atomic E-state index is 0.00299. The Morgan fingerprint density at radius 3 is 2.68 bits per heavy atom. The van der Waals surface area contributed by atoms with Crippen LogP contribution in [-0.4, -0.2) is 25.1 Å². The largest absolute Gasteiger partial charge is 0.494 e. The van der Waals surface area contributed by atoms with Crippen molar-refractivity contribution in [2.75, 3.05) is 13.2 Å². The second-order valence-corrected chi connectivity index (χ2v) is 6.38. The van der Waals surface area contributed by atoms with E-state index < -0.39 is 0 Å². The van der Waals surface area contributed by atoms with Crippen molar-refractivity contribution in [3.8, 4) is 5.75 Å². The Hall–Kier alpha value is -1.62. The fourth-order valence-electron chi connectivity index (χ4n) is 3.85. The summed E-state index contributed by atoms with van der Waals surface area (Å²) in [5.74, 6) is 1.49. The van der Waals surface area contributed by atoms with Gasteiger partial charge in [0.2, 0.25) is 5.91 Å². The van der Waals surface area contributed by atoms with Gasteiger partial charge in [-0.1, -0.05) is 0 Å². The van der Waals surface area contributed by atoms with Crippen LogP contribution in [0.5, 0.6) is 5.75 Å². The molecule has 22 heavy (non-hydrogen) atoms. The maximum atomic E-state index is 12.7. The number of halogens is 1. The van der Waals surface area contributed by atoms with Gasteiger partial charge in [0.1, 0.15) is 11.6 Å². The molecule has 4 nitrogen and oxygen atoms in total. The number of carbonyl (C=O) groups is 1. The normalized spacial score (nSPS) is 29.5. The summed E-state index contributed by atoms with van der Waals surface area (Å²) in [4.78, 5) is 12.2. The first-order chi connectivity index (χ1) is 10.6. The standard InChI is InChI=1S/C17H23FN2O2/c18-13-4-6-14(7-5-13)22-9-1-8-20-17(21)15-11-2-3-12(10-11)16(15)19/h4-7,11-12,15-16H,1-3,8-10,19H2,(H,20,21). The minimum atomic E-state index is -0.276. The molecular formula is C17H23FN2O2. The van der Waals surface area contributed by atoms with E-state index >= 15 is 0 Å². The molecule has 2 bridgehead atoms. The maximum Gasteiger partial charge on any atom is 0.224 e. The summed E-state index contributed by atoms with van der Waals surface area (Å²) in [5, 5.41) is 2.98. The van der Waals surface area contributed by atoms with Crippen molar-refractivity contribution in [3.05, 3.63) is 30.1 Å². The molecule has 1 aromatic rings. The average molecular weight is 306 g/mol. The van der Waals surface area contributed by atoms with Gasteiger partial charge in [0, 0.05) is 12.6 Å². The molecule has 2 aliphatic carbocycles. The number of hydrogen-bond donors (Lipinski definition) is 2. The summed E-state index contributed by atoms with van der Waals surface area (Å²) in [6, 6.07) is 5.97. The van der Waals surface area contributed by atoms with Crippen molar-refractivity contribution in [3.63, 3.8) is 0 Å². The number of amides is 1. The fraction of sp³-hybridized carbons (Fsp3) is 0.588. The predicted molar refractivity (Wildman–Crippen MR) is 81.8 cm³/mol. The summed E-state index contributed by atoms with van der Waals surface area (Å²) in [5.41, 5.74) is 6.17. The molecule has 2 aliphatic rings. The molecule has 5 heteroatoms. The molecule has 2 saturated carbocycles. The Morgan fingerprint density at radius 2 is 2.00 bits per heavy atom. The number of nitrogens with one attached hydrogen (secondary N) is 1. The van der Waals surface area contributed by atoms with E-state index in [0.29, 0.717) is 30.7 Å². The fourth-order valence-corrected chi connectivity index (χ4v) is 3.85. The molecule has 0 saturated heterocycles. The predicted octanol–water partition coefficient (Wildman–Crippen LogP) is 2.08. The van der Waals surface area contributed by atoms with Crippen LogP contribution in [0.25, 0.3) is 0 Å². The highest BCUT2D eigenvalue weighted by atomic mass is 19.1. The Labute approximate surface area is 130 Å². The zero-order valence-corrected chi connectivity index (χ0v) is 12.6. The summed E-state index contributed by atoms with van der Waals surface area (Å²) in [6.07, 6.45) is 4.16. The SMILES string of the molecule is NC1C2CCC(C2)C1C(=O)NCCCOc1ccc(F)cc1. The lowest BCUT2D eigenvalue weighted by Gasteiger charge is -2.27. The van der Waals surface area contributed by atoms with Crippen LogP contribution in [0.2, 0.25) is 0 Å². The van der Waals surface area contributed by atoms with Crippen molar-refractivity contribution in [1.29, 1.82) is 0 Å². The van der Waals surface area contributed by atoms with Gasteiger partial charge < -0.3 is 15.8 Å². The number of ether oxygens (including phenoxy) is 1. The molecule has 0 heterocycles. The van der Waals surface area contributed by atoms with Gasteiger partial charge in [-0.25, -0.2) is 4.39 Å². The first kappa shape index (κ1) is 15.3. The topological polar surface area (TPSA) is 64.4 Å². The molecule has 3 rings (SSSR count). The molecule has 120 valence electrons. The first-order valence-corrected chi connectivity index (χ1v) is 8.07. The van der Waals surface area contributed by atoms with Crippen LogP contribution < -0.4 is 15.8 Å². The number of carbonyl (C=O) groups excluding carboxylic acids is 1. The van der Waals surface area contributed by atoms with Crippen molar-refractivity contribution in [2.24, 2.45) is 23.5 Å². The molecule has 1 amide bonds. The lowest BCUT2D eigenvalue weighted by Crippen LogP contribution is -2.45. The Balaban J connectivity index is 1.35. The van der Waals surface area contributed by atoms with E-state index in [1.165, 1.54) is 18.6 Å². The monoisotopic (exact) mass is 306 g/mol. The van der Waals surface area contributed by atoms with Crippen LogP contribution in [0.3, 0.4) is 0 Å². The quantitative estimate of drug-likeness (QED) is 0.791. The molecule has 0 aliphatic heterocycles. The number of hydrogen-bond acceptors (Lipinski definition) is 3. The number of rotatable bonds is 6. The minimum Gasteiger partial charge on any atom is -0.494 e. The van der Waals surface area contributed by atoms with E-state index in [0.717, 1.165) is 19.3 Å². The molecule has 0 spiro atoms. The summed E-state index contributed by atoms with van der Waals surface area (Å²) in [6.45, 7) is 1.08. The number of benzene rings is 1. The van der Waals surface area contributed by atoms with Crippen LogP contribution in [-0.2, 0) is 4.79 Å². The molecule has 1 aromatic carbocycles. The van der Waals surface area contributed by atoms with Crippen LogP contribution in [0.15, 0.2) is 24.3 Å². The molecule has 0 aromatic heterocycles. The van der Waals surface area contributed by atoms with Gasteiger partial charge in [0.25, 0.3) is 0 Å².